The van der Waals surface area contributed by atoms with Crippen LogP contribution in [0.5, 0.6) is 0 Å². The van der Waals surface area contributed by atoms with Gasteiger partial charge in [-0.05, 0) is 85.8 Å². The summed E-state index contributed by atoms with van der Waals surface area (Å²) in [5.74, 6) is 0.345. The zero-order valence-electron chi connectivity index (χ0n) is 25.6. The van der Waals surface area contributed by atoms with E-state index >= 15 is 0 Å². The molecule has 2 atom stereocenters. The summed E-state index contributed by atoms with van der Waals surface area (Å²) < 4.78 is 8.07. The van der Waals surface area contributed by atoms with E-state index in [2.05, 4.69) is 16.0 Å². The van der Waals surface area contributed by atoms with Gasteiger partial charge in [0.2, 0.25) is 11.8 Å². The Morgan fingerprint density at radius 2 is 1.58 bits per heavy atom. The number of nitrogens with one attached hydrogen (secondary N) is 3. The number of carboxylic acid groups (broad SMARTS) is 1. The van der Waals surface area contributed by atoms with Crippen LogP contribution in [0.1, 0.15) is 63.5 Å². The largest absolute Gasteiger partial charge is 0.481 e. The molecule has 4 aliphatic carbocycles. The summed E-state index contributed by atoms with van der Waals surface area (Å²) in [5.41, 5.74) is 0.300. The molecule has 7 rings (SSSR count). The van der Waals surface area contributed by atoms with Gasteiger partial charge in [0.05, 0.1) is 19.0 Å². The normalized spacial score (nSPS) is 25.2. The van der Waals surface area contributed by atoms with Crippen molar-refractivity contribution in [2.45, 2.75) is 76.1 Å². The first-order valence-electron chi connectivity index (χ1n) is 16.0. The van der Waals surface area contributed by atoms with Gasteiger partial charge >= 0.3 is 12.1 Å². The monoisotopic (exact) mass is 614 g/mol. The molecule has 4 saturated carbocycles. The predicted octanol–water partition coefficient (Wildman–Crippen LogP) is 4.79. The lowest BCUT2D eigenvalue weighted by atomic mass is 9.55. The second-order valence-corrected chi connectivity index (χ2v) is 13.4. The Bertz CT molecular complexity index is 1530. The molecule has 2 aromatic carbocycles. The van der Waals surface area contributed by atoms with Crippen molar-refractivity contribution in [3.63, 3.8) is 0 Å². The van der Waals surface area contributed by atoms with E-state index < -0.39 is 35.5 Å². The third kappa shape index (κ3) is 7.00. The van der Waals surface area contributed by atoms with Gasteiger partial charge in [0.1, 0.15) is 11.6 Å². The van der Waals surface area contributed by atoms with Crippen molar-refractivity contribution < 1.29 is 29.0 Å². The molecule has 1 heterocycles. The van der Waals surface area contributed by atoms with Gasteiger partial charge in [0.15, 0.2) is 0 Å². The summed E-state index contributed by atoms with van der Waals surface area (Å²) in [7, 11) is 0. The maximum absolute atomic E-state index is 14.1. The standard InChI is InChI=1S/C35H42N4O6/c1-35(21-39-14-13-25-9-5-6-10-29(25)39,38-34(44)45-32-26-16-22-15-23(18-26)19-27(32)17-22)33(43)36-20-28(24-7-3-2-4-8-24)37-30(40)11-12-31(41)42/h2-10,13-14,22-23,26-28,32H,11-12,15-21H2,1H3,(H,36,43)(H,37,40)(H,38,44)(H,41,42)/t22?,23?,26?,27?,28-,32?,35?/m0/s1. The van der Waals surface area contributed by atoms with E-state index in [0.29, 0.717) is 11.8 Å². The average molecular weight is 615 g/mol. The second kappa shape index (κ2) is 12.9. The lowest BCUT2D eigenvalue weighted by molar-refractivity contribution is -0.138. The van der Waals surface area contributed by atoms with Gasteiger partial charge < -0.3 is 30.4 Å². The minimum absolute atomic E-state index is 0.0377. The van der Waals surface area contributed by atoms with Crippen LogP contribution in [0.3, 0.4) is 0 Å². The fourth-order valence-electron chi connectivity index (χ4n) is 8.05. The number of aromatic nitrogens is 1. The van der Waals surface area contributed by atoms with Gasteiger partial charge in [0, 0.05) is 24.7 Å². The number of carbonyl (C=O) groups is 4. The van der Waals surface area contributed by atoms with Crippen LogP contribution < -0.4 is 16.0 Å². The summed E-state index contributed by atoms with van der Waals surface area (Å²) in [4.78, 5) is 51.2. The molecule has 4 N–H and O–H groups in total. The summed E-state index contributed by atoms with van der Waals surface area (Å²) >= 11 is 0. The zero-order chi connectivity index (χ0) is 31.6. The van der Waals surface area contributed by atoms with Crippen LogP contribution in [0.15, 0.2) is 66.9 Å². The number of hydrogen-bond acceptors (Lipinski definition) is 5. The molecule has 1 unspecified atom stereocenters. The Hall–Kier alpha value is -4.34. The average Bonchev–Trinajstić information content (AvgIpc) is 3.42. The molecule has 0 aliphatic heterocycles. The molecule has 10 heteroatoms. The quantitative estimate of drug-likeness (QED) is 0.231. The van der Waals surface area contributed by atoms with Gasteiger partial charge in [-0.1, -0.05) is 48.5 Å². The Morgan fingerprint density at radius 3 is 2.27 bits per heavy atom. The van der Waals surface area contributed by atoms with Crippen LogP contribution in [-0.4, -0.2) is 51.7 Å². The summed E-state index contributed by atoms with van der Waals surface area (Å²) in [6, 6.07) is 18.4. The Labute approximate surface area is 262 Å². The van der Waals surface area contributed by atoms with Crippen LogP contribution >= 0.6 is 0 Å². The number of benzene rings is 2. The number of aliphatic carboxylic acids is 1. The number of nitrogens with zero attached hydrogens (tertiary/aromatic N) is 1. The van der Waals surface area contributed by atoms with Gasteiger partial charge in [-0.25, -0.2) is 4.79 Å². The fraction of sp³-hybridized carbons (Fsp3) is 0.486. The van der Waals surface area contributed by atoms with E-state index in [0.717, 1.165) is 54.0 Å². The Morgan fingerprint density at radius 1 is 0.911 bits per heavy atom. The SMILES string of the molecule is CC(Cn1ccc2ccccc21)(NC(=O)OC1C2CC3CC(C2)CC1C3)C(=O)NC[C@H](NC(=O)CCC(=O)O)c1ccccc1. The van der Waals surface area contributed by atoms with Crippen molar-refractivity contribution in [3.8, 4) is 0 Å². The highest BCUT2D eigenvalue weighted by Crippen LogP contribution is 2.54. The Kier molecular flexibility index (Phi) is 8.83. The molecule has 3 amide bonds. The fourth-order valence-corrected chi connectivity index (χ4v) is 8.05. The molecule has 4 aliphatic rings. The third-order valence-electron chi connectivity index (χ3n) is 10.00. The highest BCUT2D eigenvalue weighted by atomic mass is 16.6. The lowest BCUT2D eigenvalue weighted by Gasteiger charge is -2.53. The number of hydrogen-bond donors (Lipinski definition) is 4. The van der Waals surface area contributed by atoms with Crippen LogP contribution in [0.2, 0.25) is 0 Å². The maximum atomic E-state index is 14.1. The molecule has 0 radical (unpaired) electrons. The van der Waals surface area contributed by atoms with Crippen LogP contribution in [-0.2, 0) is 25.7 Å². The van der Waals surface area contributed by atoms with Gasteiger partial charge in [-0.3, -0.25) is 14.4 Å². The first kappa shape index (κ1) is 30.7. The third-order valence-corrected chi connectivity index (χ3v) is 10.00. The van der Waals surface area contributed by atoms with E-state index in [1.165, 1.54) is 6.42 Å². The topological polar surface area (TPSA) is 139 Å². The molecule has 4 bridgehead atoms. The maximum Gasteiger partial charge on any atom is 0.408 e. The van der Waals surface area contributed by atoms with E-state index in [9.17, 15) is 19.2 Å². The van der Waals surface area contributed by atoms with E-state index in [4.69, 9.17) is 9.84 Å². The number of rotatable bonds is 12. The van der Waals surface area contributed by atoms with E-state index in [1.807, 2.05) is 71.4 Å². The van der Waals surface area contributed by atoms with Crippen molar-refractivity contribution in [2.75, 3.05) is 6.54 Å². The zero-order valence-corrected chi connectivity index (χ0v) is 25.6. The molecule has 238 valence electrons. The molecule has 4 fully saturated rings. The van der Waals surface area contributed by atoms with Crippen molar-refractivity contribution in [1.82, 2.24) is 20.5 Å². The molecule has 45 heavy (non-hydrogen) atoms. The highest BCUT2D eigenvalue weighted by molar-refractivity contribution is 5.90. The highest BCUT2D eigenvalue weighted by Gasteiger charge is 2.50. The van der Waals surface area contributed by atoms with Gasteiger partial charge in [0.25, 0.3) is 0 Å². The molecular weight excluding hydrogens is 572 g/mol. The van der Waals surface area contributed by atoms with Crippen molar-refractivity contribution in [2.24, 2.45) is 23.7 Å². The second-order valence-electron chi connectivity index (χ2n) is 13.4. The summed E-state index contributed by atoms with van der Waals surface area (Å²) in [5, 5.41) is 18.8. The minimum atomic E-state index is -1.39. The van der Waals surface area contributed by atoms with Gasteiger partial charge in [-0.2, -0.15) is 0 Å². The number of carbonyl (C=O) groups excluding carboxylic acids is 3. The van der Waals surface area contributed by atoms with Crippen molar-refractivity contribution >= 4 is 34.8 Å². The number of fused-ring (bicyclic) bond motifs is 1. The molecular formula is C35H42N4O6. The molecule has 10 nitrogen and oxygen atoms in total. The number of amides is 3. The van der Waals surface area contributed by atoms with E-state index in [-0.39, 0.29) is 32.0 Å². The number of carboxylic acids is 1. The van der Waals surface area contributed by atoms with Crippen LogP contribution in [0.4, 0.5) is 4.79 Å². The van der Waals surface area contributed by atoms with Crippen LogP contribution in [0.25, 0.3) is 10.9 Å². The minimum Gasteiger partial charge on any atom is -0.481 e. The number of alkyl carbamates (subject to hydrolysis) is 1. The smallest absolute Gasteiger partial charge is 0.408 e. The summed E-state index contributed by atoms with van der Waals surface area (Å²) in [6.45, 7) is 1.89. The summed E-state index contributed by atoms with van der Waals surface area (Å²) in [6.07, 6.45) is 6.45. The molecule has 1 aromatic heterocycles. The van der Waals surface area contributed by atoms with Crippen LogP contribution in [0, 0.1) is 23.7 Å². The molecule has 0 saturated heterocycles. The Balaban J connectivity index is 1.19. The lowest BCUT2D eigenvalue weighted by Crippen LogP contribution is -2.61. The van der Waals surface area contributed by atoms with Gasteiger partial charge in [-0.15, -0.1) is 0 Å². The van der Waals surface area contributed by atoms with Crippen molar-refractivity contribution in [3.05, 3.63) is 72.4 Å². The first-order chi connectivity index (χ1) is 21.7. The molecule has 0 spiro atoms. The predicted molar refractivity (Wildman–Crippen MR) is 168 cm³/mol. The van der Waals surface area contributed by atoms with E-state index in [1.54, 1.807) is 6.92 Å². The van der Waals surface area contributed by atoms with Crippen molar-refractivity contribution in [1.29, 1.82) is 0 Å². The number of para-hydroxylation sites is 1. The number of ether oxygens (including phenoxy) is 1. The first-order valence-corrected chi connectivity index (χ1v) is 16.0. The molecule has 3 aromatic rings.